The Morgan fingerprint density at radius 1 is 1.14 bits per heavy atom. The van der Waals surface area contributed by atoms with E-state index in [0.717, 1.165) is 30.2 Å². The highest BCUT2D eigenvalue weighted by molar-refractivity contribution is 7.99. The summed E-state index contributed by atoms with van der Waals surface area (Å²) in [6.45, 7) is 8.35. The van der Waals surface area contributed by atoms with Gasteiger partial charge in [-0.05, 0) is 32.4 Å². The maximum absolute atomic E-state index is 5.82. The maximum Gasteiger partial charge on any atom is 0.258 e. The van der Waals surface area contributed by atoms with Crippen molar-refractivity contribution in [3.05, 3.63) is 36.2 Å². The van der Waals surface area contributed by atoms with Crippen molar-refractivity contribution in [1.29, 1.82) is 0 Å². The van der Waals surface area contributed by atoms with Gasteiger partial charge in [-0.2, -0.15) is 19.6 Å². The highest BCUT2D eigenvalue weighted by Crippen LogP contribution is 2.18. The molecule has 0 atom stereocenters. The van der Waals surface area contributed by atoms with Crippen LogP contribution in [0.5, 0.6) is 5.75 Å². The molecular weight excluding hydrogens is 388 g/mol. The molecule has 0 saturated heterocycles. The summed E-state index contributed by atoms with van der Waals surface area (Å²) < 4.78 is 7.39. The SMILES string of the molecule is CCN(CC)c1nc(NC)nc(-n2cnc(SCCOc3ccccc3C)n2)n1. The van der Waals surface area contributed by atoms with Gasteiger partial charge >= 0.3 is 0 Å². The number of aromatic nitrogens is 6. The Bertz CT molecular complexity index is 928. The molecule has 0 aliphatic heterocycles. The quantitative estimate of drug-likeness (QED) is 0.397. The first-order valence-electron chi connectivity index (χ1n) is 9.56. The van der Waals surface area contributed by atoms with Gasteiger partial charge in [0.1, 0.15) is 12.1 Å². The molecule has 0 bridgehead atoms. The van der Waals surface area contributed by atoms with Gasteiger partial charge in [-0.15, -0.1) is 5.10 Å². The number of hydrogen-bond donors (Lipinski definition) is 1. The highest BCUT2D eigenvalue weighted by atomic mass is 32.2. The van der Waals surface area contributed by atoms with Crippen LogP contribution < -0.4 is 15.0 Å². The second-order valence-corrected chi connectivity index (χ2v) is 7.18. The molecule has 0 unspecified atom stereocenters. The van der Waals surface area contributed by atoms with Crippen molar-refractivity contribution >= 4 is 23.7 Å². The second kappa shape index (κ2) is 10.1. The minimum Gasteiger partial charge on any atom is -0.492 e. The lowest BCUT2D eigenvalue weighted by molar-refractivity contribution is 0.341. The average Bonchev–Trinajstić information content (AvgIpc) is 3.22. The number of hydrogen-bond acceptors (Lipinski definition) is 9. The zero-order chi connectivity index (χ0) is 20.6. The summed E-state index contributed by atoms with van der Waals surface area (Å²) in [7, 11) is 1.78. The van der Waals surface area contributed by atoms with Crippen LogP contribution in [0.1, 0.15) is 19.4 Å². The zero-order valence-corrected chi connectivity index (χ0v) is 18.0. The molecule has 2 heterocycles. The Morgan fingerprint density at radius 2 is 1.93 bits per heavy atom. The fourth-order valence-electron chi connectivity index (χ4n) is 2.63. The van der Waals surface area contributed by atoms with E-state index in [1.54, 1.807) is 18.1 Å². The number of nitrogens with one attached hydrogen (secondary N) is 1. The molecule has 154 valence electrons. The molecule has 3 aromatic rings. The molecule has 10 heteroatoms. The van der Waals surface area contributed by atoms with Crippen molar-refractivity contribution in [3.63, 3.8) is 0 Å². The van der Waals surface area contributed by atoms with Crippen LogP contribution in [0.25, 0.3) is 5.95 Å². The molecule has 0 radical (unpaired) electrons. The smallest absolute Gasteiger partial charge is 0.258 e. The van der Waals surface area contributed by atoms with E-state index in [2.05, 4.69) is 49.1 Å². The van der Waals surface area contributed by atoms with Gasteiger partial charge in [-0.3, -0.25) is 0 Å². The topological polar surface area (TPSA) is 93.9 Å². The molecule has 0 aliphatic rings. The van der Waals surface area contributed by atoms with E-state index < -0.39 is 0 Å². The minimum absolute atomic E-state index is 0.432. The summed E-state index contributed by atoms with van der Waals surface area (Å²) in [5, 5.41) is 8.11. The van der Waals surface area contributed by atoms with Gasteiger partial charge in [0, 0.05) is 25.9 Å². The van der Waals surface area contributed by atoms with Crippen LogP contribution in [0.4, 0.5) is 11.9 Å². The van der Waals surface area contributed by atoms with Crippen LogP contribution in [-0.2, 0) is 0 Å². The van der Waals surface area contributed by atoms with Gasteiger partial charge in [-0.1, -0.05) is 30.0 Å². The van der Waals surface area contributed by atoms with Crippen molar-refractivity contribution in [1.82, 2.24) is 29.7 Å². The summed E-state index contributed by atoms with van der Waals surface area (Å²) >= 11 is 1.53. The molecule has 0 saturated carbocycles. The molecular formula is C19H26N8OS. The summed E-state index contributed by atoms with van der Waals surface area (Å²) in [5.74, 6) is 3.18. The van der Waals surface area contributed by atoms with Crippen LogP contribution in [0.2, 0.25) is 0 Å². The van der Waals surface area contributed by atoms with Crippen LogP contribution in [0.3, 0.4) is 0 Å². The lowest BCUT2D eigenvalue weighted by atomic mass is 10.2. The summed E-state index contributed by atoms with van der Waals surface area (Å²) in [6.07, 6.45) is 1.62. The van der Waals surface area contributed by atoms with Crippen LogP contribution in [0, 0.1) is 6.92 Å². The van der Waals surface area contributed by atoms with Crippen molar-refractivity contribution in [2.75, 3.05) is 42.7 Å². The van der Waals surface area contributed by atoms with Crippen LogP contribution in [0.15, 0.2) is 35.7 Å². The van der Waals surface area contributed by atoms with Gasteiger partial charge < -0.3 is 15.0 Å². The lowest BCUT2D eigenvalue weighted by Crippen LogP contribution is -2.25. The third-order valence-corrected chi connectivity index (χ3v) is 5.04. The number of anilines is 2. The second-order valence-electron chi connectivity index (χ2n) is 6.12. The molecule has 0 spiro atoms. The van der Waals surface area contributed by atoms with E-state index >= 15 is 0 Å². The number of thioether (sulfide) groups is 1. The van der Waals surface area contributed by atoms with Crippen LogP contribution in [-0.4, -0.2) is 62.2 Å². The monoisotopic (exact) mass is 414 g/mol. The fraction of sp³-hybridized carbons (Fsp3) is 0.421. The minimum atomic E-state index is 0.432. The van der Waals surface area contributed by atoms with Gasteiger partial charge in [0.05, 0.1) is 6.61 Å². The van der Waals surface area contributed by atoms with E-state index in [0.29, 0.717) is 29.6 Å². The molecule has 0 aliphatic carbocycles. The number of nitrogens with zero attached hydrogens (tertiary/aromatic N) is 7. The molecule has 9 nitrogen and oxygen atoms in total. The summed E-state index contributed by atoms with van der Waals surface area (Å²) in [6, 6.07) is 7.98. The van der Waals surface area contributed by atoms with E-state index in [1.165, 1.54) is 11.8 Å². The Labute approximate surface area is 174 Å². The first-order chi connectivity index (χ1) is 14.1. The molecule has 0 fully saturated rings. The first-order valence-corrected chi connectivity index (χ1v) is 10.5. The standard InChI is InChI=1S/C19H26N8OS/c1-5-26(6-2)17-22-16(20-4)23-18(24-17)27-13-21-19(25-27)29-12-11-28-15-10-8-7-9-14(15)3/h7-10,13H,5-6,11-12H2,1-4H3,(H,20,22,23,24). The molecule has 1 N–H and O–H groups in total. The summed E-state index contributed by atoms with van der Waals surface area (Å²) in [5.41, 5.74) is 1.12. The van der Waals surface area contributed by atoms with Gasteiger partial charge in [0.25, 0.3) is 5.95 Å². The van der Waals surface area contributed by atoms with Crippen molar-refractivity contribution in [2.24, 2.45) is 0 Å². The molecule has 29 heavy (non-hydrogen) atoms. The molecule has 2 aromatic heterocycles. The molecule has 3 rings (SSSR count). The predicted octanol–water partition coefficient (Wildman–Crippen LogP) is 2.82. The lowest BCUT2D eigenvalue weighted by Gasteiger charge is -2.19. The maximum atomic E-state index is 5.82. The van der Waals surface area contributed by atoms with E-state index in [4.69, 9.17) is 4.74 Å². The third-order valence-electron chi connectivity index (χ3n) is 4.22. The van der Waals surface area contributed by atoms with Crippen LogP contribution >= 0.6 is 11.8 Å². The Kier molecular flexibility index (Phi) is 7.23. The van der Waals surface area contributed by atoms with E-state index in [1.807, 2.05) is 31.2 Å². The average molecular weight is 415 g/mol. The number of ether oxygens (including phenoxy) is 1. The number of aryl methyl sites for hydroxylation is 1. The molecule has 0 amide bonds. The number of benzene rings is 1. The van der Waals surface area contributed by atoms with Crippen molar-refractivity contribution in [3.8, 4) is 11.7 Å². The number of para-hydroxylation sites is 1. The van der Waals surface area contributed by atoms with Gasteiger partial charge in [0.2, 0.25) is 17.1 Å². The Hall–Kier alpha value is -2.88. The Balaban J connectivity index is 1.64. The Morgan fingerprint density at radius 3 is 2.66 bits per heavy atom. The number of rotatable bonds is 10. The largest absolute Gasteiger partial charge is 0.492 e. The van der Waals surface area contributed by atoms with Gasteiger partial charge in [-0.25, -0.2) is 4.98 Å². The third kappa shape index (κ3) is 5.35. The molecule has 1 aromatic carbocycles. The zero-order valence-electron chi connectivity index (χ0n) is 17.2. The first kappa shape index (κ1) is 20.8. The normalized spacial score (nSPS) is 10.8. The van der Waals surface area contributed by atoms with Crippen molar-refractivity contribution < 1.29 is 4.74 Å². The van der Waals surface area contributed by atoms with Crippen molar-refractivity contribution in [2.45, 2.75) is 25.9 Å². The van der Waals surface area contributed by atoms with E-state index in [9.17, 15) is 0 Å². The fourth-order valence-corrected chi connectivity index (χ4v) is 3.25. The van der Waals surface area contributed by atoms with Gasteiger partial charge in [0.15, 0.2) is 0 Å². The highest BCUT2D eigenvalue weighted by Gasteiger charge is 2.13. The summed E-state index contributed by atoms with van der Waals surface area (Å²) in [4.78, 5) is 19.8. The van der Waals surface area contributed by atoms with E-state index in [-0.39, 0.29) is 0 Å². The predicted molar refractivity (Wildman–Crippen MR) is 115 cm³/mol.